The monoisotopic (exact) mass is 308 g/mol. The molecule has 2 atom stereocenters. The SMILES string of the molecule is O=CN1CC(OC(=O)c2ccccc2N2CC(O)CO2)CO1. The topological polar surface area (TPSA) is 88.5 Å². The second kappa shape index (κ2) is 6.30. The van der Waals surface area contributed by atoms with Crippen molar-refractivity contribution >= 4 is 18.1 Å². The molecule has 3 rings (SSSR count). The molecule has 2 saturated heterocycles. The molecule has 8 heteroatoms. The van der Waals surface area contributed by atoms with E-state index >= 15 is 0 Å². The van der Waals surface area contributed by atoms with Crippen LogP contribution in [0.2, 0.25) is 0 Å². The van der Waals surface area contributed by atoms with Gasteiger partial charge in [-0.2, -0.15) is 0 Å². The van der Waals surface area contributed by atoms with E-state index in [1.54, 1.807) is 24.3 Å². The second-order valence-electron chi connectivity index (χ2n) is 5.06. The molecule has 2 heterocycles. The molecule has 0 aliphatic carbocycles. The first kappa shape index (κ1) is 14.8. The number of ether oxygens (including phenoxy) is 1. The first-order valence-electron chi connectivity index (χ1n) is 6.90. The number of aliphatic hydroxyl groups is 1. The van der Waals surface area contributed by atoms with Gasteiger partial charge in [0, 0.05) is 0 Å². The maximum Gasteiger partial charge on any atom is 0.340 e. The highest BCUT2D eigenvalue weighted by molar-refractivity contribution is 5.95. The Labute approximate surface area is 126 Å². The molecular weight excluding hydrogens is 292 g/mol. The molecule has 1 aromatic carbocycles. The summed E-state index contributed by atoms with van der Waals surface area (Å²) in [5, 5.41) is 12.1. The summed E-state index contributed by atoms with van der Waals surface area (Å²) in [7, 11) is 0. The number of nitrogens with zero attached hydrogens (tertiary/aromatic N) is 2. The fourth-order valence-corrected chi connectivity index (χ4v) is 2.35. The number of carbonyl (C=O) groups excluding carboxylic acids is 2. The quantitative estimate of drug-likeness (QED) is 0.605. The Hall–Kier alpha value is -2.16. The number of hydrogen-bond acceptors (Lipinski definition) is 7. The van der Waals surface area contributed by atoms with E-state index < -0.39 is 18.2 Å². The van der Waals surface area contributed by atoms with Crippen molar-refractivity contribution in [3.63, 3.8) is 0 Å². The Morgan fingerprint density at radius 3 is 2.77 bits per heavy atom. The molecule has 0 aromatic heterocycles. The van der Waals surface area contributed by atoms with E-state index in [2.05, 4.69) is 0 Å². The standard InChI is InChI=1S/C14H16N2O6/c17-9-15-6-11(8-20-15)22-14(19)12-3-1-2-4-13(12)16-5-10(18)7-21-16/h1-4,9-11,18H,5-8H2. The van der Waals surface area contributed by atoms with Crippen LogP contribution < -0.4 is 5.06 Å². The van der Waals surface area contributed by atoms with Gasteiger partial charge >= 0.3 is 5.97 Å². The zero-order chi connectivity index (χ0) is 15.5. The number of hydrogen-bond donors (Lipinski definition) is 1. The molecule has 0 spiro atoms. The number of para-hydroxylation sites is 1. The predicted octanol–water partition coefficient (Wildman–Crippen LogP) is -0.272. The van der Waals surface area contributed by atoms with Gasteiger partial charge in [-0.1, -0.05) is 12.1 Å². The Balaban J connectivity index is 1.71. The van der Waals surface area contributed by atoms with Crippen LogP contribution in [0.5, 0.6) is 0 Å². The number of anilines is 1. The van der Waals surface area contributed by atoms with Crippen molar-refractivity contribution in [3.8, 4) is 0 Å². The van der Waals surface area contributed by atoms with E-state index in [0.717, 1.165) is 5.06 Å². The number of rotatable bonds is 4. The van der Waals surface area contributed by atoms with E-state index in [-0.39, 0.29) is 26.3 Å². The van der Waals surface area contributed by atoms with Gasteiger partial charge in [-0.15, -0.1) is 0 Å². The third-order valence-corrected chi connectivity index (χ3v) is 3.39. The van der Waals surface area contributed by atoms with Crippen LogP contribution in [-0.2, 0) is 19.2 Å². The van der Waals surface area contributed by atoms with Gasteiger partial charge in [0.1, 0.15) is 19.3 Å². The lowest BCUT2D eigenvalue weighted by Gasteiger charge is -2.19. The predicted molar refractivity (Wildman–Crippen MR) is 73.7 cm³/mol. The molecule has 2 aliphatic heterocycles. The first-order chi connectivity index (χ1) is 10.7. The van der Waals surface area contributed by atoms with Crippen molar-refractivity contribution in [3.05, 3.63) is 29.8 Å². The minimum absolute atomic E-state index is 0.144. The largest absolute Gasteiger partial charge is 0.454 e. The summed E-state index contributed by atoms with van der Waals surface area (Å²) in [5.74, 6) is -0.526. The lowest BCUT2D eigenvalue weighted by atomic mass is 10.1. The molecule has 8 nitrogen and oxygen atoms in total. The maximum atomic E-state index is 12.3. The molecule has 0 saturated carbocycles. The van der Waals surface area contributed by atoms with Crippen molar-refractivity contribution in [1.29, 1.82) is 0 Å². The summed E-state index contributed by atoms with van der Waals surface area (Å²) in [6.07, 6.45) is -0.550. The van der Waals surface area contributed by atoms with Crippen LogP contribution in [0.4, 0.5) is 5.69 Å². The molecule has 118 valence electrons. The van der Waals surface area contributed by atoms with Gasteiger partial charge in [0.15, 0.2) is 0 Å². The van der Waals surface area contributed by atoms with Crippen LogP contribution in [0.1, 0.15) is 10.4 Å². The number of hydroxylamine groups is 3. The number of esters is 1. The van der Waals surface area contributed by atoms with Crippen molar-refractivity contribution in [2.75, 3.05) is 31.4 Å². The van der Waals surface area contributed by atoms with E-state index in [4.69, 9.17) is 14.4 Å². The third-order valence-electron chi connectivity index (χ3n) is 3.39. The number of β-amino-alcohol motifs (C(OH)–C–C–N with tert-alkyl or cyclic N) is 1. The summed E-state index contributed by atoms with van der Waals surface area (Å²) in [6.45, 7) is 0.825. The fourth-order valence-electron chi connectivity index (χ4n) is 2.35. The van der Waals surface area contributed by atoms with E-state index in [1.165, 1.54) is 5.06 Å². The highest BCUT2D eigenvalue weighted by Crippen LogP contribution is 2.25. The molecule has 1 N–H and O–H groups in total. The molecule has 0 radical (unpaired) electrons. The Morgan fingerprint density at radius 1 is 1.27 bits per heavy atom. The van der Waals surface area contributed by atoms with Crippen LogP contribution in [0.3, 0.4) is 0 Å². The average Bonchev–Trinajstić information content (AvgIpc) is 3.16. The second-order valence-corrected chi connectivity index (χ2v) is 5.06. The summed E-state index contributed by atoms with van der Waals surface area (Å²) < 4.78 is 5.35. The lowest BCUT2D eigenvalue weighted by Crippen LogP contribution is -2.27. The minimum atomic E-state index is -0.589. The van der Waals surface area contributed by atoms with Gasteiger partial charge in [0.05, 0.1) is 30.4 Å². The van der Waals surface area contributed by atoms with Crippen LogP contribution in [0, 0.1) is 0 Å². The van der Waals surface area contributed by atoms with Crippen molar-refractivity contribution < 1.29 is 29.1 Å². The Morgan fingerprint density at radius 2 is 2.09 bits per heavy atom. The smallest absolute Gasteiger partial charge is 0.340 e. The van der Waals surface area contributed by atoms with Crippen LogP contribution in [0.25, 0.3) is 0 Å². The number of aliphatic hydroxyl groups excluding tert-OH is 1. The maximum absolute atomic E-state index is 12.3. The van der Waals surface area contributed by atoms with Gasteiger partial charge in [0.25, 0.3) is 0 Å². The summed E-state index contributed by atoms with van der Waals surface area (Å²) in [6, 6.07) is 6.83. The highest BCUT2D eigenvalue weighted by atomic mass is 16.7. The van der Waals surface area contributed by atoms with Gasteiger partial charge < -0.3 is 9.84 Å². The van der Waals surface area contributed by atoms with Crippen LogP contribution in [-0.4, -0.2) is 61.1 Å². The number of amides is 1. The van der Waals surface area contributed by atoms with E-state index in [1.807, 2.05) is 0 Å². The molecule has 2 fully saturated rings. The van der Waals surface area contributed by atoms with E-state index in [9.17, 15) is 14.7 Å². The van der Waals surface area contributed by atoms with Crippen LogP contribution >= 0.6 is 0 Å². The average molecular weight is 308 g/mol. The van der Waals surface area contributed by atoms with Crippen molar-refractivity contribution in [2.24, 2.45) is 0 Å². The third kappa shape index (κ3) is 3.03. The molecule has 22 heavy (non-hydrogen) atoms. The number of carbonyl (C=O) groups is 2. The van der Waals surface area contributed by atoms with Crippen molar-refractivity contribution in [1.82, 2.24) is 5.06 Å². The van der Waals surface area contributed by atoms with Crippen LogP contribution in [0.15, 0.2) is 24.3 Å². The van der Waals surface area contributed by atoms with Crippen molar-refractivity contribution in [2.45, 2.75) is 12.2 Å². The zero-order valence-electron chi connectivity index (χ0n) is 11.8. The van der Waals surface area contributed by atoms with Gasteiger partial charge in [-0.3, -0.25) is 19.5 Å². The van der Waals surface area contributed by atoms with Gasteiger partial charge in [-0.25, -0.2) is 9.86 Å². The Bertz CT molecular complexity index is 566. The fraction of sp³-hybridized carbons (Fsp3) is 0.429. The summed E-state index contributed by atoms with van der Waals surface area (Å²) in [4.78, 5) is 33.3. The molecular formula is C14H16N2O6. The number of benzene rings is 1. The Kier molecular flexibility index (Phi) is 4.23. The van der Waals surface area contributed by atoms with Gasteiger partial charge in [0.2, 0.25) is 6.41 Å². The zero-order valence-corrected chi connectivity index (χ0v) is 11.8. The summed E-state index contributed by atoms with van der Waals surface area (Å²) in [5.41, 5.74) is 0.872. The van der Waals surface area contributed by atoms with E-state index in [0.29, 0.717) is 17.7 Å². The summed E-state index contributed by atoms with van der Waals surface area (Å²) >= 11 is 0. The van der Waals surface area contributed by atoms with Gasteiger partial charge in [-0.05, 0) is 12.1 Å². The normalized spacial score (nSPS) is 24.6. The highest BCUT2D eigenvalue weighted by Gasteiger charge is 2.29. The minimum Gasteiger partial charge on any atom is -0.454 e. The molecule has 2 unspecified atom stereocenters. The molecule has 1 amide bonds. The molecule has 2 aliphatic rings. The molecule has 1 aromatic rings. The molecule has 0 bridgehead atoms. The first-order valence-corrected chi connectivity index (χ1v) is 6.90. The lowest BCUT2D eigenvalue weighted by molar-refractivity contribution is -0.153.